The van der Waals surface area contributed by atoms with Crippen LogP contribution in [0.4, 0.5) is 5.82 Å². The number of anilines is 1. The van der Waals surface area contributed by atoms with Gasteiger partial charge in [-0.3, -0.25) is 0 Å². The van der Waals surface area contributed by atoms with Crippen LogP contribution in [0.1, 0.15) is 32.0 Å². The Kier molecular flexibility index (Phi) is 3.35. The molecule has 1 aromatic carbocycles. The lowest BCUT2D eigenvalue weighted by atomic mass is 10.1. The van der Waals surface area contributed by atoms with Crippen LogP contribution in [0.5, 0.6) is 0 Å². The maximum Gasteiger partial charge on any atom is 0.122 e. The van der Waals surface area contributed by atoms with Crippen LogP contribution in [-0.2, 0) is 12.0 Å². The first kappa shape index (κ1) is 13.0. The maximum atomic E-state index is 5.98. The van der Waals surface area contributed by atoms with E-state index >= 15 is 0 Å². The quantitative estimate of drug-likeness (QED) is 0.902. The normalized spacial score (nSPS) is 11.8. The van der Waals surface area contributed by atoms with Crippen molar-refractivity contribution >= 4 is 17.4 Å². The molecular formula is C14H18ClN3. The third-order valence-corrected chi connectivity index (χ3v) is 2.97. The number of nitrogens with zero attached hydrogens (tertiary/aromatic N) is 2. The molecule has 0 bridgehead atoms. The molecule has 0 saturated heterocycles. The number of hydrogen-bond donors (Lipinski definition) is 1. The SMILES string of the molecule is CC(C)(C)n1nc(Cc2ccc(Cl)cc2)cc1N. The Balaban J connectivity index is 2.23. The van der Waals surface area contributed by atoms with Crippen LogP contribution >= 0.6 is 11.6 Å². The first-order valence-corrected chi connectivity index (χ1v) is 6.33. The number of rotatable bonds is 2. The number of aromatic nitrogens is 2. The Labute approximate surface area is 113 Å². The Morgan fingerprint density at radius 2 is 1.83 bits per heavy atom. The molecule has 1 heterocycles. The van der Waals surface area contributed by atoms with Gasteiger partial charge in [-0.1, -0.05) is 23.7 Å². The van der Waals surface area contributed by atoms with Crippen LogP contribution < -0.4 is 5.73 Å². The van der Waals surface area contributed by atoms with Crippen LogP contribution in [0.25, 0.3) is 0 Å². The summed E-state index contributed by atoms with van der Waals surface area (Å²) in [5.41, 5.74) is 8.05. The molecule has 0 aliphatic carbocycles. The second-order valence-corrected chi connectivity index (χ2v) is 5.88. The molecule has 0 aliphatic rings. The molecule has 2 aromatic rings. The zero-order valence-corrected chi connectivity index (χ0v) is 11.7. The van der Waals surface area contributed by atoms with Gasteiger partial charge in [-0.2, -0.15) is 5.10 Å². The summed E-state index contributed by atoms with van der Waals surface area (Å²) in [5, 5.41) is 5.31. The van der Waals surface area contributed by atoms with Gasteiger partial charge in [0.1, 0.15) is 5.82 Å². The number of benzene rings is 1. The lowest BCUT2D eigenvalue weighted by Gasteiger charge is -2.20. The number of nitrogens with two attached hydrogens (primary N) is 1. The maximum absolute atomic E-state index is 5.98. The minimum absolute atomic E-state index is 0.0949. The Morgan fingerprint density at radius 1 is 1.22 bits per heavy atom. The molecule has 0 aliphatic heterocycles. The first-order chi connectivity index (χ1) is 8.36. The fourth-order valence-corrected chi connectivity index (χ4v) is 2.01. The Bertz CT molecular complexity index is 535. The summed E-state index contributed by atoms with van der Waals surface area (Å²) in [5.74, 6) is 0.700. The van der Waals surface area contributed by atoms with Crippen molar-refractivity contribution < 1.29 is 0 Å². The summed E-state index contributed by atoms with van der Waals surface area (Å²) in [4.78, 5) is 0. The van der Waals surface area contributed by atoms with Crippen molar-refractivity contribution in [2.75, 3.05) is 5.73 Å². The van der Waals surface area contributed by atoms with E-state index in [0.29, 0.717) is 5.82 Å². The largest absolute Gasteiger partial charge is 0.384 e. The average Bonchev–Trinajstić information content (AvgIpc) is 2.63. The van der Waals surface area contributed by atoms with Gasteiger partial charge in [-0.05, 0) is 38.5 Å². The summed E-state index contributed by atoms with van der Waals surface area (Å²) in [6.45, 7) is 6.26. The van der Waals surface area contributed by atoms with E-state index in [2.05, 4.69) is 25.9 Å². The second-order valence-electron chi connectivity index (χ2n) is 5.45. The van der Waals surface area contributed by atoms with Crippen LogP contribution in [-0.4, -0.2) is 9.78 Å². The molecule has 4 heteroatoms. The van der Waals surface area contributed by atoms with E-state index in [4.69, 9.17) is 17.3 Å². The summed E-state index contributed by atoms with van der Waals surface area (Å²) < 4.78 is 1.86. The molecule has 2 rings (SSSR count). The molecule has 2 N–H and O–H groups in total. The highest BCUT2D eigenvalue weighted by atomic mass is 35.5. The molecule has 0 unspecified atom stereocenters. The molecule has 0 amide bonds. The van der Waals surface area contributed by atoms with Gasteiger partial charge in [-0.25, -0.2) is 4.68 Å². The van der Waals surface area contributed by atoms with Crippen molar-refractivity contribution in [3.05, 3.63) is 46.6 Å². The van der Waals surface area contributed by atoms with Gasteiger partial charge in [0.15, 0.2) is 0 Å². The van der Waals surface area contributed by atoms with Crippen LogP contribution in [0.15, 0.2) is 30.3 Å². The summed E-state index contributed by atoms with van der Waals surface area (Å²) >= 11 is 5.86. The van der Waals surface area contributed by atoms with Gasteiger partial charge < -0.3 is 5.73 Å². The van der Waals surface area contributed by atoms with Crippen LogP contribution in [0.2, 0.25) is 5.02 Å². The van der Waals surface area contributed by atoms with Gasteiger partial charge in [0.2, 0.25) is 0 Å². The molecule has 18 heavy (non-hydrogen) atoms. The van der Waals surface area contributed by atoms with E-state index in [-0.39, 0.29) is 5.54 Å². The average molecular weight is 264 g/mol. The van der Waals surface area contributed by atoms with Crippen molar-refractivity contribution in [1.29, 1.82) is 0 Å². The topological polar surface area (TPSA) is 43.8 Å². The standard InChI is InChI=1S/C14H18ClN3/c1-14(2,3)18-13(16)9-12(17-18)8-10-4-6-11(15)7-5-10/h4-7,9H,8,16H2,1-3H3. The van der Waals surface area contributed by atoms with E-state index in [1.54, 1.807) is 0 Å². The fraction of sp³-hybridized carbons (Fsp3) is 0.357. The minimum Gasteiger partial charge on any atom is -0.384 e. The molecule has 0 radical (unpaired) electrons. The van der Waals surface area contributed by atoms with Gasteiger partial charge in [-0.15, -0.1) is 0 Å². The van der Waals surface area contributed by atoms with Gasteiger partial charge in [0.25, 0.3) is 0 Å². The number of nitrogen functional groups attached to an aromatic ring is 1. The highest BCUT2D eigenvalue weighted by Crippen LogP contribution is 2.20. The van der Waals surface area contributed by atoms with E-state index in [1.807, 2.05) is 35.0 Å². The third-order valence-electron chi connectivity index (χ3n) is 2.72. The van der Waals surface area contributed by atoms with Crippen molar-refractivity contribution in [3.63, 3.8) is 0 Å². The lowest BCUT2D eigenvalue weighted by molar-refractivity contribution is 0.359. The zero-order valence-electron chi connectivity index (χ0n) is 10.9. The minimum atomic E-state index is -0.0949. The van der Waals surface area contributed by atoms with E-state index in [1.165, 1.54) is 5.56 Å². The fourth-order valence-electron chi connectivity index (χ4n) is 1.88. The summed E-state index contributed by atoms with van der Waals surface area (Å²) in [6, 6.07) is 9.73. The number of hydrogen-bond acceptors (Lipinski definition) is 2. The molecule has 0 spiro atoms. The summed E-state index contributed by atoms with van der Waals surface area (Å²) in [6.07, 6.45) is 0.768. The van der Waals surface area contributed by atoms with E-state index < -0.39 is 0 Å². The van der Waals surface area contributed by atoms with Crippen LogP contribution in [0, 0.1) is 0 Å². The van der Waals surface area contributed by atoms with Crippen LogP contribution in [0.3, 0.4) is 0 Å². The van der Waals surface area contributed by atoms with Gasteiger partial charge in [0.05, 0.1) is 11.2 Å². The Hall–Kier alpha value is -1.48. The monoisotopic (exact) mass is 263 g/mol. The van der Waals surface area contributed by atoms with Crippen molar-refractivity contribution in [2.45, 2.75) is 32.7 Å². The third kappa shape index (κ3) is 2.85. The second kappa shape index (κ2) is 4.65. The Morgan fingerprint density at radius 3 is 2.33 bits per heavy atom. The smallest absolute Gasteiger partial charge is 0.122 e. The zero-order chi connectivity index (χ0) is 13.3. The molecule has 96 valence electrons. The van der Waals surface area contributed by atoms with Crippen molar-refractivity contribution in [3.8, 4) is 0 Å². The van der Waals surface area contributed by atoms with E-state index in [0.717, 1.165) is 17.1 Å². The van der Waals surface area contributed by atoms with Crippen molar-refractivity contribution in [1.82, 2.24) is 9.78 Å². The summed E-state index contributed by atoms with van der Waals surface area (Å²) in [7, 11) is 0. The van der Waals surface area contributed by atoms with Gasteiger partial charge >= 0.3 is 0 Å². The molecule has 0 saturated carbocycles. The van der Waals surface area contributed by atoms with Gasteiger partial charge in [0, 0.05) is 17.5 Å². The first-order valence-electron chi connectivity index (χ1n) is 5.95. The molecule has 3 nitrogen and oxygen atoms in total. The molecule has 0 fully saturated rings. The predicted molar refractivity (Wildman–Crippen MR) is 75.9 cm³/mol. The molecule has 0 atom stereocenters. The highest BCUT2D eigenvalue weighted by molar-refractivity contribution is 6.30. The van der Waals surface area contributed by atoms with Crippen molar-refractivity contribution in [2.24, 2.45) is 0 Å². The lowest BCUT2D eigenvalue weighted by Crippen LogP contribution is -2.24. The molecular weight excluding hydrogens is 246 g/mol. The highest BCUT2D eigenvalue weighted by Gasteiger charge is 2.17. The van der Waals surface area contributed by atoms with E-state index in [9.17, 15) is 0 Å². The molecule has 1 aromatic heterocycles. The predicted octanol–water partition coefficient (Wildman–Crippen LogP) is 3.46. The number of halogens is 1.